The molecule has 0 saturated carbocycles. The minimum Gasteiger partial charge on any atom is -0.369 e. The number of para-hydroxylation sites is 1. The van der Waals surface area contributed by atoms with Crippen molar-refractivity contribution in [1.29, 1.82) is 0 Å². The molecule has 86 valence electrons. The van der Waals surface area contributed by atoms with E-state index in [9.17, 15) is 9.59 Å². The van der Waals surface area contributed by atoms with Crippen LogP contribution in [0.1, 0.15) is 12.5 Å². The van der Waals surface area contributed by atoms with Crippen molar-refractivity contribution in [2.24, 2.45) is 11.5 Å². The Balaban J connectivity index is 2.86. The summed E-state index contributed by atoms with van der Waals surface area (Å²) in [6.45, 7) is 1.59. The van der Waals surface area contributed by atoms with E-state index in [0.29, 0.717) is 11.3 Å². The zero-order chi connectivity index (χ0) is 12.1. The third-order valence-electron chi connectivity index (χ3n) is 2.05. The molecule has 1 rings (SSSR count). The van der Waals surface area contributed by atoms with Crippen LogP contribution in [0, 0.1) is 0 Å². The summed E-state index contributed by atoms with van der Waals surface area (Å²) in [5.41, 5.74) is 11.8. The lowest BCUT2D eigenvalue weighted by molar-refractivity contribution is -0.118. The lowest BCUT2D eigenvalue weighted by Crippen LogP contribution is -2.33. The summed E-state index contributed by atoms with van der Waals surface area (Å²) in [6.07, 6.45) is 0.0927. The van der Waals surface area contributed by atoms with Gasteiger partial charge in [-0.25, -0.2) is 0 Å². The fourth-order valence-corrected chi connectivity index (χ4v) is 1.23. The molecule has 5 heteroatoms. The number of primary amides is 1. The molecule has 0 aliphatic rings. The molecule has 0 aromatic heterocycles. The van der Waals surface area contributed by atoms with Crippen molar-refractivity contribution in [3.63, 3.8) is 0 Å². The third-order valence-corrected chi connectivity index (χ3v) is 2.05. The van der Waals surface area contributed by atoms with Gasteiger partial charge in [-0.1, -0.05) is 18.2 Å². The Hall–Kier alpha value is -1.88. The molecule has 0 aliphatic carbocycles. The normalized spacial score (nSPS) is 11.9. The Kier molecular flexibility index (Phi) is 4.02. The van der Waals surface area contributed by atoms with E-state index in [1.54, 1.807) is 31.2 Å². The van der Waals surface area contributed by atoms with Gasteiger partial charge in [-0.05, 0) is 18.6 Å². The summed E-state index contributed by atoms with van der Waals surface area (Å²) >= 11 is 0. The predicted octanol–water partition coefficient (Wildman–Crippen LogP) is 0.0001000. The van der Waals surface area contributed by atoms with Crippen LogP contribution in [-0.4, -0.2) is 17.9 Å². The molecule has 1 aromatic rings. The molecule has 0 heterocycles. The van der Waals surface area contributed by atoms with Crippen LogP contribution in [0.2, 0.25) is 0 Å². The molecule has 0 bridgehead atoms. The van der Waals surface area contributed by atoms with Crippen LogP contribution in [0.25, 0.3) is 0 Å². The lowest BCUT2D eigenvalue weighted by Gasteiger charge is -2.11. The molecule has 0 spiro atoms. The molecule has 1 aromatic carbocycles. The molecule has 0 fully saturated rings. The Labute approximate surface area is 93.8 Å². The van der Waals surface area contributed by atoms with E-state index in [1.807, 2.05) is 0 Å². The maximum atomic E-state index is 11.4. The molecule has 5 N–H and O–H groups in total. The van der Waals surface area contributed by atoms with Crippen molar-refractivity contribution in [3.05, 3.63) is 29.8 Å². The standard InChI is InChI=1S/C11H15N3O2/c1-7(12)11(16)14-9-5-3-2-4-8(9)6-10(13)15/h2-5,7H,6,12H2,1H3,(H2,13,15)(H,14,16). The number of benzene rings is 1. The molecule has 2 amide bonds. The Morgan fingerprint density at radius 1 is 1.38 bits per heavy atom. The van der Waals surface area contributed by atoms with Crippen molar-refractivity contribution in [3.8, 4) is 0 Å². The SMILES string of the molecule is CC(N)C(=O)Nc1ccccc1CC(N)=O. The average Bonchev–Trinajstić information content (AvgIpc) is 2.20. The van der Waals surface area contributed by atoms with Gasteiger partial charge in [0.1, 0.15) is 0 Å². The predicted molar refractivity (Wildman–Crippen MR) is 61.6 cm³/mol. The quantitative estimate of drug-likeness (QED) is 0.667. The first kappa shape index (κ1) is 12.2. The molecule has 1 unspecified atom stereocenters. The van der Waals surface area contributed by atoms with Gasteiger partial charge in [0.25, 0.3) is 0 Å². The fourth-order valence-electron chi connectivity index (χ4n) is 1.23. The van der Waals surface area contributed by atoms with Crippen LogP contribution in [0.3, 0.4) is 0 Å². The van der Waals surface area contributed by atoms with E-state index < -0.39 is 11.9 Å². The lowest BCUT2D eigenvalue weighted by atomic mass is 10.1. The van der Waals surface area contributed by atoms with E-state index >= 15 is 0 Å². The first-order valence-electron chi connectivity index (χ1n) is 4.93. The largest absolute Gasteiger partial charge is 0.369 e. The van der Waals surface area contributed by atoms with Gasteiger partial charge < -0.3 is 16.8 Å². The minimum absolute atomic E-state index is 0.0927. The highest BCUT2D eigenvalue weighted by molar-refractivity contribution is 5.95. The van der Waals surface area contributed by atoms with E-state index in [0.717, 1.165) is 0 Å². The molecule has 0 aliphatic heterocycles. The van der Waals surface area contributed by atoms with Crippen molar-refractivity contribution in [2.45, 2.75) is 19.4 Å². The second-order valence-electron chi connectivity index (χ2n) is 3.58. The Bertz CT molecular complexity index is 402. The number of nitrogens with one attached hydrogen (secondary N) is 1. The van der Waals surface area contributed by atoms with Gasteiger partial charge in [0.05, 0.1) is 12.5 Å². The second kappa shape index (κ2) is 5.27. The number of amides is 2. The van der Waals surface area contributed by atoms with Gasteiger partial charge in [-0.3, -0.25) is 9.59 Å². The number of rotatable bonds is 4. The molecule has 0 saturated heterocycles. The van der Waals surface area contributed by atoms with Gasteiger partial charge in [-0.2, -0.15) is 0 Å². The summed E-state index contributed by atoms with van der Waals surface area (Å²) in [6, 6.07) is 6.39. The molecule has 0 radical (unpaired) electrons. The number of hydrogen-bond donors (Lipinski definition) is 3. The van der Waals surface area contributed by atoms with Crippen LogP contribution in [0.4, 0.5) is 5.69 Å². The molecule has 16 heavy (non-hydrogen) atoms. The monoisotopic (exact) mass is 221 g/mol. The maximum Gasteiger partial charge on any atom is 0.241 e. The van der Waals surface area contributed by atoms with Crippen LogP contribution < -0.4 is 16.8 Å². The summed E-state index contributed by atoms with van der Waals surface area (Å²) < 4.78 is 0. The number of carbonyl (C=O) groups excluding carboxylic acids is 2. The highest BCUT2D eigenvalue weighted by atomic mass is 16.2. The van der Waals surface area contributed by atoms with Gasteiger partial charge in [-0.15, -0.1) is 0 Å². The molecule has 1 atom stereocenters. The van der Waals surface area contributed by atoms with Crippen molar-refractivity contribution >= 4 is 17.5 Å². The topological polar surface area (TPSA) is 98.2 Å². The van der Waals surface area contributed by atoms with E-state index in [4.69, 9.17) is 11.5 Å². The fraction of sp³-hybridized carbons (Fsp3) is 0.273. The third kappa shape index (κ3) is 3.36. The zero-order valence-electron chi connectivity index (χ0n) is 9.07. The number of carbonyl (C=O) groups is 2. The highest BCUT2D eigenvalue weighted by Crippen LogP contribution is 2.15. The molecular weight excluding hydrogens is 206 g/mol. The van der Waals surface area contributed by atoms with Gasteiger partial charge in [0.2, 0.25) is 11.8 Å². The van der Waals surface area contributed by atoms with Crippen molar-refractivity contribution in [2.75, 3.05) is 5.32 Å². The van der Waals surface area contributed by atoms with Gasteiger partial charge in [0.15, 0.2) is 0 Å². The summed E-state index contributed by atoms with van der Waals surface area (Å²) in [5, 5.41) is 2.64. The number of hydrogen-bond acceptors (Lipinski definition) is 3. The first-order chi connectivity index (χ1) is 7.50. The van der Waals surface area contributed by atoms with E-state index in [-0.39, 0.29) is 12.3 Å². The first-order valence-corrected chi connectivity index (χ1v) is 4.93. The number of anilines is 1. The molecular formula is C11H15N3O2. The average molecular weight is 221 g/mol. The van der Waals surface area contributed by atoms with Crippen LogP contribution in [0.5, 0.6) is 0 Å². The molecule has 5 nitrogen and oxygen atoms in total. The summed E-state index contributed by atoms with van der Waals surface area (Å²) in [7, 11) is 0. The number of nitrogens with two attached hydrogens (primary N) is 2. The van der Waals surface area contributed by atoms with Gasteiger partial charge >= 0.3 is 0 Å². The van der Waals surface area contributed by atoms with Crippen LogP contribution in [-0.2, 0) is 16.0 Å². The highest BCUT2D eigenvalue weighted by Gasteiger charge is 2.10. The van der Waals surface area contributed by atoms with E-state index in [1.165, 1.54) is 0 Å². The van der Waals surface area contributed by atoms with Crippen LogP contribution in [0.15, 0.2) is 24.3 Å². The summed E-state index contributed by atoms with van der Waals surface area (Å²) in [5.74, 6) is -0.737. The Morgan fingerprint density at radius 3 is 2.56 bits per heavy atom. The maximum absolute atomic E-state index is 11.4. The zero-order valence-corrected chi connectivity index (χ0v) is 9.07. The van der Waals surface area contributed by atoms with Crippen molar-refractivity contribution < 1.29 is 9.59 Å². The van der Waals surface area contributed by atoms with Crippen LogP contribution >= 0.6 is 0 Å². The Morgan fingerprint density at radius 2 is 2.00 bits per heavy atom. The van der Waals surface area contributed by atoms with Crippen molar-refractivity contribution in [1.82, 2.24) is 0 Å². The van der Waals surface area contributed by atoms with E-state index in [2.05, 4.69) is 5.32 Å². The minimum atomic E-state index is -0.596. The summed E-state index contributed by atoms with van der Waals surface area (Å²) in [4.78, 5) is 22.2. The smallest absolute Gasteiger partial charge is 0.241 e. The second-order valence-corrected chi connectivity index (χ2v) is 3.58. The van der Waals surface area contributed by atoms with Gasteiger partial charge in [0, 0.05) is 5.69 Å².